The molecule has 0 bridgehead atoms. The monoisotopic (exact) mass is 591 g/mol. The second kappa shape index (κ2) is 14.8. The largest absolute Gasteiger partial charge is 0.493 e. The van der Waals surface area contributed by atoms with Gasteiger partial charge in [-0.15, -0.1) is 0 Å². The van der Waals surface area contributed by atoms with Crippen LogP contribution in [0, 0.1) is 0 Å². The average molecular weight is 592 g/mol. The molecular weight excluding hydrogens is 554 g/mol. The van der Waals surface area contributed by atoms with Crippen molar-refractivity contribution in [2.24, 2.45) is 0 Å². The molecule has 4 aromatic rings. The van der Waals surface area contributed by atoms with Crippen LogP contribution in [0.25, 0.3) is 10.8 Å². The van der Waals surface area contributed by atoms with Crippen LogP contribution in [0.5, 0.6) is 11.5 Å². The Morgan fingerprint density at radius 3 is 2.33 bits per heavy atom. The number of fused-ring (bicyclic) bond motifs is 1. The third-order valence-electron chi connectivity index (χ3n) is 7.41. The fraction of sp³-hybridized carbons (Fsp3) is 0.353. The van der Waals surface area contributed by atoms with Crippen molar-refractivity contribution in [3.63, 3.8) is 0 Å². The highest BCUT2D eigenvalue weighted by molar-refractivity contribution is 6.32. The molecule has 4 aromatic carbocycles. The highest BCUT2D eigenvalue weighted by Crippen LogP contribution is 2.33. The lowest BCUT2D eigenvalue weighted by molar-refractivity contribution is -0.199. The van der Waals surface area contributed by atoms with Crippen LogP contribution in [0.3, 0.4) is 0 Å². The minimum absolute atomic E-state index is 0.168. The van der Waals surface area contributed by atoms with Crippen LogP contribution in [0.2, 0.25) is 5.02 Å². The normalized spacial score (nSPS) is 20.2. The van der Waals surface area contributed by atoms with Crippen molar-refractivity contribution in [3.05, 3.63) is 107 Å². The van der Waals surface area contributed by atoms with Crippen LogP contribution < -0.4 is 14.8 Å². The molecule has 3 N–H and O–H groups in total. The summed E-state index contributed by atoms with van der Waals surface area (Å²) in [6.07, 6.45) is -2.22. The Morgan fingerprint density at radius 2 is 1.55 bits per heavy atom. The lowest BCUT2D eigenvalue weighted by Gasteiger charge is -2.40. The van der Waals surface area contributed by atoms with Crippen LogP contribution in [-0.2, 0) is 16.1 Å². The molecule has 1 heterocycles. The van der Waals surface area contributed by atoms with Crippen molar-refractivity contribution < 1.29 is 29.2 Å². The van der Waals surface area contributed by atoms with E-state index in [0.29, 0.717) is 50.1 Å². The second-order valence-corrected chi connectivity index (χ2v) is 11.0. The van der Waals surface area contributed by atoms with Gasteiger partial charge in [0.25, 0.3) is 0 Å². The summed E-state index contributed by atoms with van der Waals surface area (Å²) in [5, 5.41) is 26.5. The predicted octanol–water partition coefficient (Wildman–Crippen LogP) is 5.70. The van der Waals surface area contributed by atoms with Crippen molar-refractivity contribution in [1.82, 2.24) is 5.32 Å². The van der Waals surface area contributed by atoms with Gasteiger partial charge >= 0.3 is 0 Å². The topological polar surface area (TPSA) is 89.4 Å². The molecule has 0 radical (unpaired) electrons. The molecule has 42 heavy (non-hydrogen) atoms. The van der Waals surface area contributed by atoms with Crippen molar-refractivity contribution in [2.45, 2.75) is 50.5 Å². The van der Waals surface area contributed by atoms with Gasteiger partial charge in [-0.1, -0.05) is 72.3 Å². The number of hydrogen-bond acceptors (Lipinski definition) is 7. The van der Waals surface area contributed by atoms with Crippen LogP contribution in [-0.4, -0.2) is 61.1 Å². The van der Waals surface area contributed by atoms with E-state index in [1.54, 1.807) is 6.07 Å². The third-order valence-corrected chi connectivity index (χ3v) is 7.73. The molecule has 1 saturated heterocycles. The maximum atomic E-state index is 10.3. The van der Waals surface area contributed by atoms with Gasteiger partial charge in [-0.25, -0.2) is 0 Å². The SMILES string of the molecule is CC(O)C(O)O[C@@H]1CNC[C@H](OCc2ccc3ccccc3c2)[C@H]1c1ccc(OCCCOc2ccccc2Cl)cc1. The number of hydrogen-bond donors (Lipinski definition) is 3. The van der Waals surface area contributed by atoms with Gasteiger partial charge in [-0.2, -0.15) is 0 Å². The number of para-hydroxylation sites is 1. The van der Waals surface area contributed by atoms with Crippen LogP contribution in [0.1, 0.15) is 30.4 Å². The molecule has 1 fully saturated rings. The molecule has 8 heteroatoms. The fourth-order valence-corrected chi connectivity index (χ4v) is 5.38. The molecule has 0 aromatic heterocycles. The van der Waals surface area contributed by atoms with Crippen molar-refractivity contribution in [1.29, 1.82) is 0 Å². The molecule has 222 valence electrons. The molecule has 1 aliphatic rings. The Labute approximate surface area is 251 Å². The van der Waals surface area contributed by atoms with E-state index in [1.165, 1.54) is 17.7 Å². The number of aliphatic hydroxyl groups excluding tert-OH is 2. The number of halogens is 1. The Balaban J connectivity index is 1.23. The standard InChI is InChI=1S/C34H38ClNO6/c1-23(37)34(38)42-32-21-36-20-31(41-22-24-11-12-25-7-2-3-8-27(25)19-24)33(32)26-13-15-28(16-14-26)39-17-6-18-40-30-10-5-4-9-29(30)35/h2-5,7-16,19,23,31-34,36-38H,6,17-18,20-22H2,1H3/t23?,31-,32+,33+,34?/m0/s1. The maximum absolute atomic E-state index is 10.3. The van der Waals surface area contributed by atoms with Gasteiger partial charge in [-0.3, -0.25) is 0 Å². The number of nitrogens with one attached hydrogen (secondary N) is 1. The molecule has 5 rings (SSSR count). The summed E-state index contributed by atoms with van der Waals surface area (Å²) >= 11 is 6.14. The zero-order valence-electron chi connectivity index (χ0n) is 23.7. The first-order valence-electron chi connectivity index (χ1n) is 14.4. The summed E-state index contributed by atoms with van der Waals surface area (Å²) in [4.78, 5) is 0. The summed E-state index contributed by atoms with van der Waals surface area (Å²) in [5.41, 5.74) is 2.10. The van der Waals surface area contributed by atoms with E-state index >= 15 is 0 Å². The van der Waals surface area contributed by atoms with Gasteiger partial charge in [0.1, 0.15) is 17.6 Å². The molecule has 7 nitrogen and oxygen atoms in total. The molecule has 0 saturated carbocycles. The smallest absolute Gasteiger partial charge is 0.180 e. The first kappa shape index (κ1) is 30.3. The summed E-state index contributed by atoms with van der Waals surface area (Å²) in [5.74, 6) is 1.25. The van der Waals surface area contributed by atoms with Gasteiger partial charge < -0.3 is 34.5 Å². The maximum Gasteiger partial charge on any atom is 0.180 e. The van der Waals surface area contributed by atoms with E-state index in [1.807, 2.05) is 54.6 Å². The summed E-state index contributed by atoms with van der Waals surface area (Å²) in [7, 11) is 0. The second-order valence-electron chi connectivity index (χ2n) is 10.6. The zero-order valence-corrected chi connectivity index (χ0v) is 24.5. The number of piperidine rings is 1. The Morgan fingerprint density at radius 1 is 0.833 bits per heavy atom. The van der Waals surface area contributed by atoms with Crippen LogP contribution in [0.15, 0.2) is 91.0 Å². The van der Waals surface area contributed by atoms with Gasteiger partial charge in [0.15, 0.2) is 6.29 Å². The molecule has 0 spiro atoms. The lowest BCUT2D eigenvalue weighted by Crippen LogP contribution is -2.52. The van der Waals surface area contributed by atoms with E-state index in [-0.39, 0.29) is 12.0 Å². The summed E-state index contributed by atoms with van der Waals surface area (Å²) < 4.78 is 24.1. The minimum Gasteiger partial charge on any atom is -0.493 e. The number of rotatable bonds is 13. The van der Waals surface area contributed by atoms with E-state index in [9.17, 15) is 10.2 Å². The third kappa shape index (κ3) is 8.01. The Bertz CT molecular complexity index is 1410. The summed E-state index contributed by atoms with van der Waals surface area (Å²) in [6.45, 7) is 4.10. The molecule has 1 aliphatic heterocycles. The summed E-state index contributed by atoms with van der Waals surface area (Å²) in [6, 6.07) is 29.9. The Hall–Kier alpha value is -3.17. The highest BCUT2D eigenvalue weighted by Gasteiger charge is 2.37. The minimum atomic E-state index is -1.30. The highest BCUT2D eigenvalue weighted by atomic mass is 35.5. The van der Waals surface area contributed by atoms with Gasteiger partial charge in [-0.05, 0) is 59.2 Å². The number of benzene rings is 4. The molecule has 0 aliphatic carbocycles. The first-order chi connectivity index (χ1) is 20.5. The van der Waals surface area contributed by atoms with Crippen molar-refractivity contribution in [2.75, 3.05) is 26.3 Å². The van der Waals surface area contributed by atoms with E-state index in [2.05, 4.69) is 35.6 Å². The van der Waals surface area contributed by atoms with Gasteiger partial charge in [0.2, 0.25) is 0 Å². The van der Waals surface area contributed by atoms with Gasteiger partial charge in [0, 0.05) is 25.4 Å². The van der Waals surface area contributed by atoms with Crippen molar-refractivity contribution >= 4 is 22.4 Å². The number of aliphatic hydroxyl groups is 2. The first-order valence-corrected chi connectivity index (χ1v) is 14.8. The van der Waals surface area contributed by atoms with E-state index < -0.39 is 18.5 Å². The number of ether oxygens (including phenoxy) is 4. The van der Waals surface area contributed by atoms with E-state index in [4.69, 9.17) is 30.5 Å². The fourth-order valence-electron chi connectivity index (χ4n) is 5.19. The quantitative estimate of drug-likeness (QED) is 0.136. The van der Waals surface area contributed by atoms with Crippen LogP contribution >= 0.6 is 11.6 Å². The van der Waals surface area contributed by atoms with Crippen molar-refractivity contribution in [3.8, 4) is 11.5 Å². The molecular formula is C34H38ClNO6. The van der Waals surface area contributed by atoms with Crippen LogP contribution in [0.4, 0.5) is 0 Å². The molecule has 2 unspecified atom stereocenters. The lowest BCUT2D eigenvalue weighted by atomic mass is 9.85. The van der Waals surface area contributed by atoms with Gasteiger partial charge in [0.05, 0.1) is 37.1 Å². The average Bonchev–Trinajstić information content (AvgIpc) is 3.01. The van der Waals surface area contributed by atoms with E-state index in [0.717, 1.165) is 16.9 Å². The zero-order chi connectivity index (χ0) is 29.3. The Kier molecular flexibility index (Phi) is 10.7. The molecule has 5 atom stereocenters. The molecule has 0 amide bonds. The predicted molar refractivity (Wildman–Crippen MR) is 164 cm³/mol.